The number of aliphatic hydroxyl groups excluding tert-OH is 1. The molecule has 3 aliphatic heterocycles. The molecule has 15 heteroatoms. The first-order valence-corrected chi connectivity index (χ1v) is 32.7. The van der Waals surface area contributed by atoms with Gasteiger partial charge in [-0.2, -0.15) is 0 Å². The fourth-order valence-corrected chi connectivity index (χ4v) is 15.0. The molecule has 2 saturated heterocycles. The Hall–Kier alpha value is -7.14. The lowest BCUT2D eigenvalue weighted by molar-refractivity contribution is -0.122. The molecule has 2 fully saturated rings. The minimum absolute atomic E-state index is 0.0595. The SMILES string of the molecule is CC(C)NC(=O)CC[C@@H](CO)N(C)C(=O)c1ccc2c(c1)c1c(n2C)CC[C@@H](C2CCOCC2)C1.CN[C@H]1CCC(=O)NC(C)c2ccccc2C(c2ccccc2)(c2ccccc2)OC1.Cn1c2c(c3cc(C(=O)O)ccc31)C[C@H](C1CCOCC1)CC2. The first kappa shape index (κ1) is 64.8. The molecule has 5 aliphatic rings. The molecule has 1 unspecified atom stereocenters. The summed E-state index contributed by atoms with van der Waals surface area (Å²) >= 11 is 0. The second kappa shape index (κ2) is 29.7. The molecule has 0 saturated carbocycles. The number of nitrogens with zero attached hydrogens (tertiary/aromatic N) is 3. The lowest BCUT2D eigenvalue weighted by Crippen LogP contribution is -2.40. The van der Waals surface area contributed by atoms with Crippen LogP contribution in [0.25, 0.3) is 21.8 Å². The number of aromatic carboxylic acids is 1. The second-order valence-electron chi connectivity index (χ2n) is 25.8. The number of hydrogen-bond donors (Lipinski definition) is 5. The van der Waals surface area contributed by atoms with Gasteiger partial charge in [-0.15, -0.1) is 0 Å². The summed E-state index contributed by atoms with van der Waals surface area (Å²) in [7, 11) is 7.88. The standard InChI is InChI=1S/C28H41N3O4.C27H30N2O2.C19H23NO3/c1-18(2)29-27(33)10-7-22(17-32)30(3)28(34)21-6-9-26-24(16-21)23-15-20(5-8-25(23)31(26)4)19-11-13-35-14-12-19;1-20-24-15-9-10-16-25(24)27(21-11-5-3-6-12-21,22-13-7-4-8-14-22)31-19-23(28-2)17-18-26(30)29-20;1-20-17-4-2-13(12-6-8-23-9-7-12)10-15(17)16-11-14(19(21)22)3-5-18(16)20/h6,9,16,18-20,22,32H,5,7-8,10-15,17H2,1-4H3,(H,29,33);3-16,20,23,28H,17-19H2,1-2H3,(H,29,30);3,5,11-13H,2,4,6-10H2,1H3,(H,21,22)/t20-,22+;20?,23-;13-/m101/s1. The Morgan fingerprint density at radius 2 is 1.20 bits per heavy atom. The Bertz CT molecular complexity index is 3510. The quantitative estimate of drug-likeness (QED) is 0.0744. The van der Waals surface area contributed by atoms with E-state index in [0.29, 0.717) is 48.8 Å². The predicted octanol–water partition coefficient (Wildman–Crippen LogP) is 11.4. The number of benzene rings is 5. The van der Waals surface area contributed by atoms with Crippen molar-refractivity contribution >= 4 is 45.5 Å². The van der Waals surface area contributed by atoms with Gasteiger partial charge >= 0.3 is 5.97 Å². The van der Waals surface area contributed by atoms with Crippen molar-refractivity contribution in [2.45, 2.75) is 140 Å². The minimum atomic E-state index is -0.846. The van der Waals surface area contributed by atoms with Crippen LogP contribution in [0.3, 0.4) is 0 Å². The maximum Gasteiger partial charge on any atom is 0.335 e. The largest absolute Gasteiger partial charge is 0.478 e. The zero-order chi connectivity index (χ0) is 62.8. The summed E-state index contributed by atoms with van der Waals surface area (Å²) in [5, 5.41) is 30.9. The van der Waals surface area contributed by atoms with E-state index in [1.165, 1.54) is 59.1 Å². The van der Waals surface area contributed by atoms with Crippen LogP contribution in [0, 0.1) is 23.7 Å². The highest BCUT2D eigenvalue weighted by Crippen LogP contribution is 2.45. The maximum absolute atomic E-state index is 13.4. The number of rotatable bonds is 13. The fraction of sp³-hybridized carbons (Fsp3) is 0.486. The van der Waals surface area contributed by atoms with Gasteiger partial charge in [0.2, 0.25) is 11.8 Å². The molecule has 0 radical (unpaired) electrons. The monoisotopic (exact) mass is 1210 g/mol. The Balaban J connectivity index is 0.000000150. The van der Waals surface area contributed by atoms with Gasteiger partial charge in [0.1, 0.15) is 5.60 Å². The number of aliphatic hydroxyl groups is 1. The number of carboxylic acids is 1. The first-order chi connectivity index (χ1) is 43.1. The number of aromatic nitrogens is 2. The van der Waals surface area contributed by atoms with Crippen molar-refractivity contribution in [3.8, 4) is 0 Å². The zero-order valence-corrected chi connectivity index (χ0v) is 53.4. The van der Waals surface area contributed by atoms with Crippen LogP contribution >= 0.6 is 0 Å². The van der Waals surface area contributed by atoms with E-state index in [0.717, 1.165) is 110 Å². The van der Waals surface area contributed by atoms with E-state index in [9.17, 15) is 29.4 Å². The molecule has 7 aromatic rings. The molecule has 2 aromatic heterocycles. The molecule has 3 amide bonds. The molecule has 474 valence electrons. The summed E-state index contributed by atoms with van der Waals surface area (Å²) in [6.07, 6.45) is 13.3. The van der Waals surface area contributed by atoms with Crippen LogP contribution in [0.15, 0.2) is 121 Å². The van der Waals surface area contributed by atoms with Crippen LogP contribution in [0.5, 0.6) is 0 Å². The number of amides is 3. The number of fused-ring (bicyclic) bond motifs is 7. The van der Waals surface area contributed by atoms with Gasteiger partial charge in [0.25, 0.3) is 5.91 Å². The van der Waals surface area contributed by atoms with E-state index in [1.54, 1.807) is 18.0 Å². The molecule has 12 rings (SSSR count). The number of nitrogens with one attached hydrogen (secondary N) is 3. The summed E-state index contributed by atoms with van der Waals surface area (Å²) < 4.78 is 22.6. The van der Waals surface area contributed by atoms with Gasteiger partial charge in [0, 0.05) is 111 Å². The normalized spacial score (nSPS) is 20.9. The maximum atomic E-state index is 13.4. The van der Waals surface area contributed by atoms with Crippen LogP contribution in [0.4, 0.5) is 0 Å². The molecule has 5 aromatic carbocycles. The number of aryl methyl sites for hydroxylation is 2. The average molecular weight is 1210 g/mol. The summed E-state index contributed by atoms with van der Waals surface area (Å²) in [5.41, 5.74) is 12.4. The zero-order valence-electron chi connectivity index (χ0n) is 53.4. The highest BCUT2D eigenvalue weighted by molar-refractivity contribution is 5.99. The van der Waals surface area contributed by atoms with E-state index < -0.39 is 17.6 Å². The topological polar surface area (TPSA) is 186 Å². The minimum Gasteiger partial charge on any atom is -0.478 e. The molecular formula is C74H94N6O9. The van der Waals surface area contributed by atoms with Crippen molar-refractivity contribution in [3.63, 3.8) is 0 Å². The second-order valence-corrected chi connectivity index (χ2v) is 25.8. The lowest BCUT2D eigenvalue weighted by Gasteiger charge is -2.38. The van der Waals surface area contributed by atoms with Gasteiger partial charge in [-0.1, -0.05) is 84.9 Å². The van der Waals surface area contributed by atoms with Crippen molar-refractivity contribution in [2.24, 2.45) is 37.8 Å². The van der Waals surface area contributed by atoms with E-state index >= 15 is 0 Å². The Kier molecular flexibility index (Phi) is 21.6. The van der Waals surface area contributed by atoms with Crippen LogP contribution in [-0.2, 0) is 69.2 Å². The lowest BCUT2D eigenvalue weighted by atomic mass is 9.75. The number of carboxylic acid groups (broad SMARTS) is 1. The third kappa shape index (κ3) is 14.6. The predicted molar refractivity (Wildman–Crippen MR) is 350 cm³/mol. The van der Waals surface area contributed by atoms with Crippen LogP contribution in [0.2, 0.25) is 0 Å². The summed E-state index contributed by atoms with van der Waals surface area (Å²) in [4.78, 5) is 51.0. The van der Waals surface area contributed by atoms with Gasteiger partial charge < -0.3 is 54.4 Å². The third-order valence-corrected chi connectivity index (χ3v) is 20.1. The van der Waals surface area contributed by atoms with Gasteiger partial charge in [-0.05, 0) is 198 Å². The third-order valence-electron chi connectivity index (χ3n) is 20.1. The summed E-state index contributed by atoms with van der Waals surface area (Å²) in [6, 6.07) is 40.2. The van der Waals surface area contributed by atoms with Crippen molar-refractivity contribution in [3.05, 3.63) is 177 Å². The molecule has 5 heterocycles. The van der Waals surface area contributed by atoms with Gasteiger partial charge in [0.15, 0.2) is 0 Å². The molecule has 15 nitrogen and oxygen atoms in total. The molecule has 5 atom stereocenters. The van der Waals surface area contributed by atoms with E-state index in [-0.39, 0.29) is 48.9 Å². The fourth-order valence-electron chi connectivity index (χ4n) is 15.0. The van der Waals surface area contributed by atoms with Crippen molar-refractivity contribution in [1.29, 1.82) is 0 Å². The van der Waals surface area contributed by atoms with E-state index in [4.69, 9.17) is 14.2 Å². The molecule has 0 spiro atoms. The van der Waals surface area contributed by atoms with Crippen LogP contribution in [-0.4, -0.2) is 120 Å². The first-order valence-electron chi connectivity index (χ1n) is 32.7. The van der Waals surface area contributed by atoms with Crippen LogP contribution in [0.1, 0.15) is 157 Å². The number of ether oxygens (including phenoxy) is 3. The summed E-state index contributed by atoms with van der Waals surface area (Å²) in [6.45, 7) is 9.73. The number of carbonyl (C=O) groups excluding carboxylic acids is 3. The number of hydrogen-bond acceptors (Lipinski definition) is 9. The Morgan fingerprint density at radius 1 is 0.685 bits per heavy atom. The number of carbonyl (C=O) groups is 4. The molecule has 2 aliphatic carbocycles. The smallest absolute Gasteiger partial charge is 0.335 e. The van der Waals surface area contributed by atoms with Gasteiger partial charge in [0.05, 0.1) is 30.9 Å². The Morgan fingerprint density at radius 3 is 1.72 bits per heavy atom. The van der Waals surface area contributed by atoms with Gasteiger partial charge in [-0.25, -0.2) is 4.79 Å². The molecular weight excluding hydrogens is 1120 g/mol. The number of likely N-dealkylation sites (N-methyl/N-ethyl adjacent to an activating group) is 2. The highest BCUT2D eigenvalue weighted by atomic mass is 16.5. The molecule has 89 heavy (non-hydrogen) atoms. The highest BCUT2D eigenvalue weighted by Gasteiger charge is 2.41. The van der Waals surface area contributed by atoms with E-state index in [1.807, 2.05) is 76.3 Å². The van der Waals surface area contributed by atoms with Crippen LogP contribution < -0.4 is 16.0 Å². The molecule has 0 bridgehead atoms. The van der Waals surface area contributed by atoms with Crippen molar-refractivity contribution in [1.82, 2.24) is 30.0 Å². The van der Waals surface area contributed by atoms with Crippen molar-refractivity contribution in [2.75, 3.05) is 53.7 Å². The van der Waals surface area contributed by atoms with E-state index in [2.05, 4.69) is 106 Å². The van der Waals surface area contributed by atoms with Gasteiger partial charge in [-0.3, -0.25) is 14.4 Å². The molecule has 5 N–H and O–H groups in total. The summed E-state index contributed by atoms with van der Waals surface area (Å²) in [5.74, 6) is 1.91. The Labute approximate surface area is 525 Å². The van der Waals surface area contributed by atoms with Crippen molar-refractivity contribution < 1.29 is 43.6 Å². The average Bonchev–Trinajstić information content (AvgIpc) is 1.83.